The molecule has 1 heterocycles. The smallest absolute Gasteiger partial charge is 0.222 e. The number of amides is 1. The van der Waals surface area contributed by atoms with Crippen molar-refractivity contribution in [3.63, 3.8) is 0 Å². The number of hydrogen-bond acceptors (Lipinski definition) is 2. The fourth-order valence-electron chi connectivity index (χ4n) is 1.97. The Kier molecular flexibility index (Phi) is 4.94. The minimum atomic E-state index is 0.324. The molecule has 3 nitrogen and oxygen atoms in total. The van der Waals surface area contributed by atoms with Gasteiger partial charge in [-0.15, -0.1) is 0 Å². The molecular weight excluding hydrogens is 176 g/mol. The lowest BCUT2D eigenvalue weighted by Gasteiger charge is -2.32. The molecule has 0 aromatic rings. The van der Waals surface area contributed by atoms with Gasteiger partial charge in [-0.25, -0.2) is 0 Å². The summed E-state index contributed by atoms with van der Waals surface area (Å²) in [5, 5.41) is 0. The number of carbonyl (C=O) groups is 1. The van der Waals surface area contributed by atoms with Crippen LogP contribution in [-0.4, -0.2) is 30.4 Å². The van der Waals surface area contributed by atoms with Crippen LogP contribution >= 0.6 is 0 Å². The summed E-state index contributed by atoms with van der Waals surface area (Å²) >= 11 is 0. The molecule has 1 aliphatic heterocycles. The highest BCUT2D eigenvalue weighted by Crippen LogP contribution is 2.16. The normalized spacial score (nSPS) is 22.4. The molecule has 0 radical (unpaired) electrons. The highest BCUT2D eigenvalue weighted by atomic mass is 16.2. The van der Waals surface area contributed by atoms with E-state index < -0.39 is 0 Å². The van der Waals surface area contributed by atoms with Gasteiger partial charge in [0, 0.05) is 19.5 Å². The van der Waals surface area contributed by atoms with Gasteiger partial charge in [0.25, 0.3) is 0 Å². The lowest BCUT2D eigenvalue weighted by molar-refractivity contribution is -0.133. The van der Waals surface area contributed by atoms with E-state index in [0.29, 0.717) is 18.2 Å². The molecule has 82 valence electrons. The zero-order valence-corrected chi connectivity index (χ0v) is 9.17. The van der Waals surface area contributed by atoms with Crippen molar-refractivity contribution in [2.45, 2.75) is 39.0 Å². The van der Waals surface area contributed by atoms with Gasteiger partial charge in [-0.05, 0) is 31.7 Å². The molecule has 1 atom stereocenters. The number of nitrogens with zero attached hydrogens (tertiary/aromatic N) is 1. The third kappa shape index (κ3) is 3.29. The number of unbranched alkanes of at least 4 members (excludes halogenated alkanes) is 1. The highest BCUT2D eigenvalue weighted by Gasteiger charge is 2.21. The topological polar surface area (TPSA) is 46.3 Å². The summed E-state index contributed by atoms with van der Waals surface area (Å²) in [6, 6.07) is 0. The van der Waals surface area contributed by atoms with Crippen molar-refractivity contribution in [2.24, 2.45) is 11.7 Å². The number of nitrogens with two attached hydrogens (primary N) is 1. The van der Waals surface area contributed by atoms with E-state index in [1.165, 1.54) is 6.42 Å². The van der Waals surface area contributed by atoms with E-state index in [1.807, 2.05) is 4.90 Å². The molecule has 1 saturated heterocycles. The van der Waals surface area contributed by atoms with E-state index >= 15 is 0 Å². The Morgan fingerprint density at radius 1 is 1.57 bits per heavy atom. The summed E-state index contributed by atoms with van der Waals surface area (Å²) in [6.45, 7) is 4.67. The van der Waals surface area contributed by atoms with Crippen molar-refractivity contribution in [1.82, 2.24) is 4.90 Å². The molecule has 0 aliphatic carbocycles. The van der Waals surface area contributed by atoms with E-state index in [4.69, 9.17) is 5.73 Å². The Morgan fingerprint density at radius 3 is 3.00 bits per heavy atom. The van der Waals surface area contributed by atoms with E-state index in [-0.39, 0.29) is 0 Å². The summed E-state index contributed by atoms with van der Waals surface area (Å²) in [6.07, 6.45) is 5.14. The van der Waals surface area contributed by atoms with Crippen LogP contribution < -0.4 is 5.73 Å². The molecular formula is C11H22N2O. The first kappa shape index (κ1) is 11.5. The quantitative estimate of drug-likeness (QED) is 0.741. The standard InChI is InChI=1S/C11H22N2O/c1-2-3-6-11(14)13-7-4-5-10(8-12)9-13/h10H,2-9,12H2,1H3/t10-/m0/s1. The minimum Gasteiger partial charge on any atom is -0.342 e. The summed E-state index contributed by atoms with van der Waals surface area (Å²) in [4.78, 5) is 13.7. The number of rotatable bonds is 4. The fraction of sp³-hybridized carbons (Fsp3) is 0.909. The van der Waals surface area contributed by atoms with Crippen molar-refractivity contribution in [1.29, 1.82) is 0 Å². The molecule has 0 bridgehead atoms. The maximum absolute atomic E-state index is 11.7. The summed E-state index contributed by atoms with van der Waals surface area (Å²) in [5.74, 6) is 0.860. The highest BCUT2D eigenvalue weighted by molar-refractivity contribution is 5.76. The van der Waals surface area contributed by atoms with Gasteiger partial charge < -0.3 is 10.6 Å². The number of piperidine rings is 1. The molecule has 3 heteroatoms. The van der Waals surface area contributed by atoms with Gasteiger partial charge in [-0.2, -0.15) is 0 Å². The average molecular weight is 198 g/mol. The Bertz CT molecular complexity index is 182. The van der Waals surface area contributed by atoms with Crippen LogP contribution in [0.15, 0.2) is 0 Å². The summed E-state index contributed by atoms with van der Waals surface area (Å²) < 4.78 is 0. The van der Waals surface area contributed by atoms with Crippen LogP contribution in [0.25, 0.3) is 0 Å². The zero-order chi connectivity index (χ0) is 10.4. The van der Waals surface area contributed by atoms with Crippen molar-refractivity contribution in [2.75, 3.05) is 19.6 Å². The first-order chi connectivity index (χ1) is 6.77. The lowest BCUT2D eigenvalue weighted by Crippen LogP contribution is -2.41. The van der Waals surface area contributed by atoms with Crippen LogP contribution in [0.1, 0.15) is 39.0 Å². The molecule has 0 aromatic carbocycles. The Labute approximate surface area is 86.6 Å². The van der Waals surface area contributed by atoms with Crippen molar-refractivity contribution in [3.8, 4) is 0 Å². The molecule has 0 aromatic heterocycles. The van der Waals surface area contributed by atoms with Gasteiger partial charge in [0.05, 0.1) is 0 Å². The second kappa shape index (κ2) is 6.02. The Balaban J connectivity index is 2.31. The van der Waals surface area contributed by atoms with Crippen LogP contribution in [0.2, 0.25) is 0 Å². The average Bonchev–Trinajstić information content (AvgIpc) is 2.26. The first-order valence-corrected chi connectivity index (χ1v) is 5.75. The number of likely N-dealkylation sites (tertiary alicyclic amines) is 1. The summed E-state index contributed by atoms with van der Waals surface area (Å²) in [7, 11) is 0. The predicted octanol–water partition coefficient (Wildman–Crippen LogP) is 1.37. The number of hydrogen-bond donors (Lipinski definition) is 1. The number of carbonyl (C=O) groups excluding carboxylic acids is 1. The SMILES string of the molecule is CCCCC(=O)N1CCC[C@@H](CN)C1. The van der Waals surface area contributed by atoms with E-state index in [9.17, 15) is 4.79 Å². The van der Waals surface area contributed by atoms with Gasteiger partial charge >= 0.3 is 0 Å². The molecule has 0 unspecified atom stereocenters. The van der Waals surface area contributed by atoms with Crippen molar-refractivity contribution in [3.05, 3.63) is 0 Å². The monoisotopic (exact) mass is 198 g/mol. The maximum Gasteiger partial charge on any atom is 0.222 e. The van der Waals surface area contributed by atoms with Gasteiger partial charge in [-0.1, -0.05) is 13.3 Å². The van der Waals surface area contributed by atoms with E-state index in [2.05, 4.69) is 6.92 Å². The van der Waals surface area contributed by atoms with Gasteiger partial charge in [0.1, 0.15) is 0 Å². The van der Waals surface area contributed by atoms with Gasteiger partial charge in [0.15, 0.2) is 0 Å². The van der Waals surface area contributed by atoms with Gasteiger partial charge in [0.2, 0.25) is 5.91 Å². The van der Waals surface area contributed by atoms with Crippen LogP contribution in [0.4, 0.5) is 0 Å². The van der Waals surface area contributed by atoms with E-state index in [1.54, 1.807) is 0 Å². The fourth-order valence-corrected chi connectivity index (χ4v) is 1.97. The Morgan fingerprint density at radius 2 is 2.36 bits per heavy atom. The molecule has 1 fully saturated rings. The molecule has 0 saturated carbocycles. The second-order valence-corrected chi connectivity index (χ2v) is 4.19. The second-order valence-electron chi connectivity index (χ2n) is 4.19. The maximum atomic E-state index is 11.7. The van der Waals surface area contributed by atoms with Crippen LogP contribution in [0.3, 0.4) is 0 Å². The third-order valence-electron chi connectivity index (χ3n) is 2.95. The summed E-state index contributed by atoms with van der Waals surface area (Å²) in [5.41, 5.74) is 5.63. The van der Waals surface area contributed by atoms with Crippen LogP contribution in [-0.2, 0) is 4.79 Å². The largest absolute Gasteiger partial charge is 0.342 e. The lowest BCUT2D eigenvalue weighted by atomic mass is 9.98. The minimum absolute atomic E-state index is 0.324. The zero-order valence-electron chi connectivity index (χ0n) is 9.17. The molecule has 0 spiro atoms. The molecule has 1 amide bonds. The first-order valence-electron chi connectivity index (χ1n) is 5.75. The molecule has 14 heavy (non-hydrogen) atoms. The third-order valence-corrected chi connectivity index (χ3v) is 2.95. The van der Waals surface area contributed by atoms with Crippen molar-refractivity contribution >= 4 is 5.91 Å². The predicted molar refractivity (Wildman–Crippen MR) is 57.9 cm³/mol. The Hall–Kier alpha value is -0.570. The van der Waals surface area contributed by atoms with Crippen LogP contribution in [0.5, 0.6) is 0 Å². The van der Waals surface area contributed by atoms with Crippen LogP contribution in [0, 0.1) is 5.92 Å². The molecule has 1 aliphatic rings. The van der Waals surface area contributed by atoms with Crippen molar-refractivity contribution < 1.29 is 4.79 Å². The molecule has 2 N–H and O–H groups in total. The van der Waals surface area contributed by atoms with E-state index in [0.717, 1.165) is 38.9 Å². The van der Waals surface area contributed by atoms with Gasteiger partial charge in [-0.3, -0.25) is 4.79 Å². The molecule has 1 rings (SSSR count).